The molecule has 0 radical (unpaired) electrons. The molecule has 0 saturated heterocycles. The second-order valence-corrected chi connectivity index (χ2v) is 28.5. The average molecular weight is 449 g/mol. The molecule has 156 valence electrons. The third-order valence-electron chi connectivity index (χ3n) is 2.93. The van der Waals surface area contributed by atoms with E-state index in [0.29, 0.717) is 0 Å². The Morgan fingerprint density at radius 1 is 0.593 bits per heavy atom. The Bertz CT molecular complexity index is 628. The quantitative estimate of drug-likeness (QED) is 0.310. The lowest BCUT2D eigenvalue weighted by molar-refractivity contribution is -0.164. The molecular formula is C17H36O6Si4. The molecule has 1 rings (SSSR count). The number of Topliss-reactive ketones (excluding diaryl/α,β-unsaturated/α-hetero) is 2. The Balaban J connectivity index is 3.77. The Morgan fingerprint density at radius 3 is 1.26 bits per heavy atom. The van der Waals surface area contributed by atoms with Crippen LogP contribution >= 0.6 is 0 Å². The highest BCUT2D eigenvalue weighted by Crippen LogP contribution is 2.42. The molecular weight excluding hydrogens is 413 g/mol. The zero-order valence-electron chi connectivity index (χ0n) is 18.9. The molecule has 0 heterocycles. The van der Waals surface area contributed by atoms with Gasteiger partial charge in [0, 0.05) is 0 Å². The lowest BCUT2D eigenvalue weighted by atomic mass is 10.2. The highest BCUT2D eigenvalue weighted by atomic mass is 28.4. The molecule has 0 amide bonds. The van der Waals surface area contributed by atoms with Crippen LogP contribution < -0.4 is 0 Å². The van der Waals surface area contributed by atoms with Crippen molar-refractivity contribution in [3.63, 3.8) is 0 Å². The minimum atomic E-state index is -2.29. The summed E-state index contributed by atoms with van der Waals surface area (Å²) in [5.74, 6) is -3.13. The van der Waals surface area contributed by atoms with Crippen LogP contribution in [0.4, 0.5) is 0 Å². The summed E-state index contributed by atoms with van der Waals surface area (Å²) in [5, 5.41) is 0. The lowest BCUT2D eigenvalue weighted by Gasteiger charge is -2.41. The number of allylic oxidation sites excluding steroid dienone is 1. The van der Waals surface area contributed by atoms with E-state index in [4.69, 9.17) is 17.7 Å². The minimum Gasteiger partial charge on any atom is -0.541 e. The van der Waals surface area contributed by atoms with Crippen LogP contribution in [0.1, 0.15) is 0 Å². The Labute approximate surface area is 168 Å². The van der Waals surface area contributed by atoms with Crippen molar-refractivity contribution < 1.29 is 27.3 Å². The highest BCUT2D eigenvalue weighted by molar-refractivity contribution is 6.73. The first-order valence-electron chi connectivity index (χ1n) is 9.29. The van der Waals surface area contributed by atoms with Crippen molar-refractivity contribution in [3.8, 4) is 0 Å². The van der Waals surface area contributed by atoms with Gasteiger partial charge in [-0.15, -0.1) is 0 Å². The van der Waals surface area contributed by atoms with Crippen LogP contribution in [0.3, 0.4) is 0 Å². The first-order valence-corrected chi connectivity index (χ1v) is 22.9. The van der Waals surface area contributed by atoms with Gasteiger partial charge < -0.3 is 17.7 Å². The largest absolute Gasteiger partial charge is 0.541 e. The molecule has 0 bridgehead atoms. The first-order chi connectivity index (χ1) is 11.7. The molecule has 1 aliphatic rings. The van der Waals surface area contributed by atoms with Gasteiger partial charge in [0.05, 0.1) is 0 Å². The smallest absolute Gasteiger partial charge is 0.281 e. The van der Waals surface area contributed by atoms with Crippen LogP contribution in [0.2, 0.25) is 78.6 Å². The molecule has 0 aromatic carbocycles. The maximum Gasteiger partial charge on any atom is 0.281 e. The van der Waals surface area contributed by atoms with Gasteiger partial charge in [-0.25, -0.2) is 0 Å². The molecule has 0 saturated carbocycles. The van der Waals surface area contributed by atoms with E-state index in [1.54, 1.807) is 0 Å². The predicted molar refractivity (Wildman–Crippen MR) is 117 cm³/mol. The van der Waals surface area contributed by atoms with Crippen molar-refractivity contribution in [1.29, 1.82) is 0 Å². The fourth-order valence-electron chi connectivity index (χ4n) is 2.50. The van der Waals surface area contributed by atoms with Crippen molar-refractivity contribution in [2.24, 2.45) is 0 Å². The Hall–Kier alpha value is -0.532. The summed E-state index contributed by atoms with van der Waals surface area (Å²) < 4.78 is 24.9. The van der Waals surface area contributed by atoms with E-state index in [1.165, 1.54) is 0 Å². The van der Waals surface area contributed by atoms with E-state index in [9.17, 15) is 9.59 Å². The van der Waals surface area contributed by atoms with E-state index < -0.39 is 50.6 Å². The minimum absolute atomic E-state index is 0.0157. The van der Waals surface area contributed by atoms with Gasteiger partial charge in [-0.3, -0.25) is 9.59 Å². The molecule has 0 unspecified atom stereocenters. The normalized spacial score (nSPS) is 19.0. The second-order valence-electron chi connectivity index (χ2n) is 10.8. The SMILES string of the molecule is C[Si](C)(C)OC1=C(O[Si](C)(C)C)C(O[Si](C)(C)C)(O[Si](C)(C)C)C(=O)C1=O. The van der Waals surface area contributed by atoms with Crippen LogP contribution in [0.15, 0.2) is 11.5 Å². The van der Waals surface area contributed by atoms with E-state index in [2.05, 4.69) is 0 Å². The number of hydrogen-bond acceptors (Lipinski definition) is 6. The van der Waals surface area contributed by atoms with Crippen molar-refractivity contribution >= 4 is 44.8 Å². The van der Waals surface area contributed by atoms with Gasteiger partial charge in [-0.05, 0) is 78.6 Å². The number of carbonyl (C=O) groups excluding carboxylic acids is 2. The van der Waals surface area contributed by atoms with Crippen molar-refractivity contribution in [3.05, 3.63) is 11.5 Å². The Morgan fingerprint density at radius 2 is 0.963 bits per heavy atom. The molecule has 1 aliphatic carbocycles. The van der Waals surface area contributed by atoms with Crippen LogP contribution in [0, 0.1) is 0 Å². The summed E-state index contributed by atoms with van der Waals surface area (Å²) in [6, 6.07) is 0. The molecule has 0 atom stereocenters. The van der Waals surface area contributed by atoms with E-state index >= 15 is 0 Å². The molecule has 0 aromatic heterocycles. The molecule has 0 spiro atoms. The van der Waals surface area contributed by atoms with Crippen LogP contribution in [-0.2, 0) is 27.3 Å². The number of carbonyl (C=O) groups is 2. The van der Waals surface area contributed by atoms with Crippen molar-refractivity contribution in [1.82, 2.24) is 0 Å². The summed E-state index contributed by atoms with van der Waals surface area (Å²) in [6.45, 7) is 23.6. The highest BCUT2D eigenvalue weighted by Gasteiger charge is 2.62. The second kappa shape index (κ2) is 7.38. The molecule has 0 aliphatic heterocycles. The monoisotopic (exact) mass is 448 g/mol. The fourth-order valence-corrected chi connectivity index (χ4v) is 6.39. The summed E-state index contributed by atoms with van der Waals surface area (Å²) in [5.41, 5.74) is 0. The third-order valence-corrected chi connectivity index (χ3v) is 6.37. The van der Waals surface area contributed by atoms with E-state index in [1.807, 2.05) is 78.6 Å². The molecule has 0 fully saturated rings. The lowest BCUT2D eigenvalue weighted by Crippen LogP contribution is -2.56. The summed E-state index contributed by atoms with van der Waals surface area (Å²) in [7, 11) is -8.95. The van der Waals surface area contributed by atoms with Gasteiger partial charge in [0.25, 0.3) is 17.4 Å². The average Bonchev–Trinajstić information content (AvgIpc) is 2.47. The first kappa shape index (κ1) is 24.5. The summed E-state index contributed by atoms with van der Waals surface area (Å²) in [6.07, 6.45) is 0. The van der Waals surface area contributed by atoms with E-state index in [-0.39, 0.29) is 11.5 Å². The van der Waals surface area contributed by atoms with Gasteiger partial charge in [-0.2, -0.15) is 0 Å². The molecule has 27 heavy (non-hydrogen) atoms. The maximum absolute atomic E-state index is 13.2. The zero-order chi connectivity index (χ0) is 21.6. The number of ketones is 2. The fraction of sp³-hybridized carbons (Fsp3) is 0.765. The third kappa shape index (κ3) is 6.78. The van der Waals surface area contributed by atoms with Gasteiger partial charge in [-0.1, -0.05) is 0 Å². The van der Waals surface area contributed by atoms with Gasteiger partial charge in [0.1, 0.15) is 0 Å². The van der Waals surface area contributed by atoms with Gasteiger partial charge in [0.2, 0.25) is 16.6 Å². The van der Waals surface area contributed by atoms with Crippen LogP contribution in [0.25, 0.3) is 0 Å². The topological polar surface area (TPSA) is 71.1 Å². The zero-order valence-corrected chi connectivity index (χ0v) is 22.9. The van der Waals surface area contributed by atoms with E-state index in [0.717, 1.165) is 0 Å². The number of rotatable bonds is 8. The van der Waals surface area contributed by atoms with Crippen molar-refractivity contribution in [2.75, 3.05) is 0 Å². The van der Waals surface area contributed by atoms with Gasteiger partial charge >= 0.3 is 0 Å². The molecule has 0 N–H and O–H groups in total. The van der Waals surface area contributed by atoms with Crippen LogP contribution in [-0.4, -0.2) is 50.6 Å². The Kier molecular flexibility index (Phi) is 6.69. The summed E-state index contributed by atoms with van der Waals surface area (Å²) in [4.78, 5) is 26.2. The standard InChI is InChI=1S/C17H36O6Si4/c1-24(2,3)20-14-13(18)15(19)17(22-26(7,8)9,23-27(10,11)12)16(14)21-25(4,5)6/h1-12H3. The molecule has 0 aromatic rings. The molecule has 10 heteroatoms. The summed E-state index contributed by atoms with van der Waals surface area (Å²) >= 11 is 0. The maximum atomic E-state index is 13.2. The van der Waals surface area contributed by atoms with Crippen molar-refractivity contribution in [2.45, 2.75) is 84.4 Å². The van der Waals surface area contributed by atoms with Crippen LogP contribution in [0.5, 0.6) is 0 Å². The number of hydrogen-bond donors (Lipinski definition) is 0. The predicted octanol–water partition coefficient (Wildman–Crippen LogP) is 4.45. The van der Waals surface area contributed by atoms with Gasteiger partial charge in [0.15, 0.2) is 28.2 Å². The molecule has 6 nitrogen and oxygen atoms in total.